The first-order valence-electron chi connectivity index (χ1n) is 13.9. The molecule has 5 rings (SSSR count). The molecule has 0 radical (unpaired) electrons. The van der Waals surface area contributed by atoms with Gasteiger partial charge < -0.3 is 19.1 Å². The Balaban J connectivity index is 1.41. The monoisotopic (exact) mass is 634 g/mol. The quantitative estimate of drug-likeness (QED) is 0.200. The molecule has 1 aliphatic heterocycles. The Kier molecular flexibility index (Phi) is 9.44. The Morgan fingerprint density at radius 1 is 0.933 bits per heavy atom. The summed E-state index contributed by atoms with van der Waals surface area (Å²) in [6.45, 7) is 2.92. The molecule has 1 aromatic heterocycles. The Bertz CT molecular complexity index is 1620. The molecule has 0 saturated carbocycles. The highest BCUT2D eigenvalue weighted by molar-refractivity contribution is 5.97. The molecular formula is C31H28F6N4O4. The molecule has 8 nitrogen and oxygen atoms in total. The van der Waals surface area contributed by atoms with Crippen molar-refractivity contribution in [3.05, 3.63) is 83.6 Å². The predicted molar refractivity (Wildman–Crippen MR) is 152 cm³/mol. The van der Waals surface area contributed by atoms with E-state index in [9.17, 15) is 31.1 Å². The lowest BCUT2D eigenvalue weighted by Crippen LogP contribution is -2.38. The normalized spacial score (nSPS) is 14.4. The van der Waals surface area contributed by atoms with Crippen LogP contribution in [0.5, 0.6) is 11.9 Å². The van der Waals surface area contributed by atoms with Gasteiger partial charge in [0.15, 0.2) is 0 Å². The van der Waals surface area contributed by atoms with Gasteiger partial charge in [0, 0.05) is 39.4 Å². The Hall–Kier alpha value is -4.43. The number of fused-ring (bicyclic) bond motifs is 1. The van der Waals surface area contributed by atoms with Gasteiger partial charge in [-0.25, -0.2) is 9.78 Å². The van der Waals surface area contributed by atoms with Gasteiger partial charge in [0.1, 0.15) is 6.61 Å². The number of ether oxygens (including phenoxy) is 3. The molecule has 238 valence electrons. The molecule has 0 aliphatic carbocycles. The predicted octanol–water partition coefficient (Wildman–Crippen LogP) is 6.68. The van der Waals surface area contributed by atoms with E-state index >= 15 is 0 Å². The van der Waals surface area contributed by atoms with E-state index in [0.29, 0.717) is 43.0 Å². The molecule has 1 aliphatic rings. The summed E-state index contributed by atoms with van der Waals surface area (Å²) in [6, 6.07) is 14.0. The Morgan fingerprint density at radius 2 is 1.60 bits per heavy atom. The molecule has 14 heteroatoms. The van der Waals surface area contributed by atoms with Crippen LogP contribution in [-0.2, 0) is 23.6 Å². The van der Waals surface area contributed by atoms with Crippen LogP contribution in [0.2, 0.25) is 0 Å². The molecule has 4 aromatic rings. The van der Waals surface area contributed by atoms with Gasteiger partial charge in [0.25, 0.3) is 0 Å². The van der Waals surface area contributed by atoms with E-state index in [4.69, 9.17) is 14.2 Å². The van der Waals surface area contributed by atoms with Crippen molar-refractivity contribution >= 4 is 16.9 Å². The fourth-order valence-electron chi connectivity index (χ4n) is 4.84. The fraction of sp³-hybridized carbons (Fsp3) is 0.323. The number of aromatic nitrogens is 2. The first kappa shape index (κ1) is 32.0. The lowest BCUT2D eigenvalue weighted by Gasteiger charge is -2.26. The summed E-state index contributed by atoms with van der Waals surface area (Å²) in [5.41, 5.74) is -2.40. The van der Waals surface area contributed by atoms with Crippen LogP contribution in [-0.4, -0.2) is 72.4 Å². The number of amides is 1. The maximum Gasteiger partial charge on any atom is 0.416 e. The zero-order valence-corrected chi connectivity index (χ0v) is 24.0. The van der Waals surface area contributed by atoms with E-state index in [0.717, 1.165) is 28.8 Å². The van der Waals surface area contributed by atoms with Crippen LogP contribution in [0.15, 0.2) is 66.9 Å². The topological polar surface area (TPSA) is 77.0 Å². The average molecular weight is 635 g/mol. The van der Waals surface area contributed by atoms with E-state index in [1.165, 1.54) is 13.2 Å². The van der Waals surface area contributed by atoms with Crippen molar-refractivity contribution in [1.82, 2.24) is 19.8 Å². The van der Waals surface area contributed by atoms with Gasteiger partial charge >= 0.3 is 24.5 Å². The highest BCUT2D eigenvalue weighted by atomic mass is 19.4. The van der Waals surface area contributed by atoms with E-state index in [2.05, 4.69) is 14.9 Å². The second kappa shape index (κ2) is 13.3. The number of morpholine rings is 1. The smallest absolute Gasteiger partial charge is 0.416 e. The van der Waals surface area contributed by atoms with Gasteiger partial charge in [-0.05, 0) is 40.1 Å². The second-order valence-electron chi connectivity index (χ2n) is 10.3. The van der Waals surface area contributed by atoms with Crippen molar-refractivity contribution in [2.75, 3.05) is 46.5 Å². The Labute approximate surface area is 254 Å². The lowest BCUT2D eigenvalue weighted by molar-refractivity contribution is -0.143. The van der Waals surface area contributed by atoms with E-state index < -0.39 is 36.1 Å². The molecule has 0 bridgehead atoms. The molecule has 3 aromatic carbocycles. The molecule has 45 heavy (non-hydrogen) atoms. The molecule has 2 heterocycles. The van der Waals surface area contributed by atoms with Gasteiger partial charge in [-0.1, -0.05) is 42.5 Å². The van der Waals surface area contributed by atoms with Crippen LogP contribution in [0, 0.1) is 0 Å². The van der Waals surface area contributed by atoms with Crippen LogP contribution in [0.1, 0.15) is 16.7 Å². The third-order valence-corrected chi connectivity index (χ3v) is 7.12. The SMILES string of the molecule is CN(Cc1cc(C(F)(F)F)cc(C(F)(F)F)c1)C(=O)Oc1nc(OCCN2CCOCC2)ncc1-c1cccc2ccccc12. The second-order valence-corrected chi connectivity index (χ2v) is 10.3. The molecule has 1 amide bonds. The fourth-order valence-corrected chi connectivity index (χ4v) is 4.84. The van der Waals surface area contributed by atoms with Crippen LogP contribution in [0.4, 0.5) is 31.1 Å². The molecular weight excluding hydrogens is 606 g/mol. The summed E-state index contributed by atoms with van der Waals surface area (Å²) < 4.78 is 96.8. The van der Waals surface area contributed by atoms with Gasteiger partial charge in [0.2, 0.25) is 5.88 Å². The van der Waals surface area contributed by atoms with Gasteiger partial charge in [-0.3, -0.25) is 4.90 Å². The standard InChI is InChI=1S/C31H28F6N4O4/c1-40(19-20-15-22(30(32,33)34)17-23(16-20)31(35,36)37)29(42)45-27-26(25-8-4-6-21-5-2-3-7-24(21)25)18-38-28(39-27)44-14-11-41-9-12-43-13-10-41/h2-8,15-18H,9-14,19H2,1H3. The third-order valence-electron chi connectivity index (χ3n) is 7.12. The highest BCUT2D eigenvalue weighted by Gasteiger charge is 2.37. The van der Waals surface area contributed by atoms with Crippen LogP contribution >= 0.6 is 0 Å². The number of hydrogen-bond donors (Lipinski definition) is 0. The molecule has 0 N–H and O–H groups in total. The van der Waals surface area contributed by atoms with E-state index in [1.807, 2.05) is 30.3 Å². The van der Waals surface area contributed by atoms with Gasteiger partial charge in [-0.15, -0.1) is 0 Å². The number of alkyl halides is 6. The number of hydrogen-bond acceptors (Lipinski definition) is 7. The summed E-state index contributed by atoms with van der Waals surface area (Å²) in [5.74, 6) is -0.195. The maximum atomic E-state index is 13.4. The number of nitrogens with zero attached hydrogens (tertiary/aromatic N) is 4. The third kappa shape index (κ3) is 8.00. The number of benzene rings is 3. The van der Waals surface area contributed by atoms with Gasteiger partial charge in [0.05, 0.1) is 29.9 Å². The minimum atomic E-state index is -5.03. The van der Waals surface area contributed by atoms with Crippen molar-refractivity contribution in [2.24, 2.45) is 0 Å². The zero-order chi connectivity index (χ0) is 32.2. The lowest BCUT2D eigenvalue weighted by atomic mass is 10.00. The zero-order valence-electron chi connectivity index (χ0n) is 24.0. The maximum absolute atomic E-state index is 13.4. The van der Waals surface area contributed by atoms with E-state index in [-0.39, 0.29) is 30.1 Å². The average Bonchev–Trinajstić information content (AvgIpc) is 3.00. The van der Waals surface area contributed by atoms with Crippen LogP contribution in [0.3, 0.4) is 0 Å². The highest BCUT2D eigenvalue weighted by Crippen LogP contribution is 2.37. The Morgan fingerprint density at radius 3 is 2.29 bits per heavy atom. The first-order chi connectivity index (χ1) is 21.4. The molecule has 1 saturated heterocycles. The minimum Gasteiger partial charge on any atom is -0.462 e. The first-order valence-corrected chi connectivity index (χ1v) is 13.9. The summed E-state index contributed by atoms with van der Waals surface area (Å²) in [4.78, 5) is 24.8. The summed E-state index contributed by atoms with van der Waals surface area (Å²) >= 11 is 0. The van der Waals surface area contributed by atoms with Crippen LogP contribution < -0.4 is 9.47 Å². The molecule has 0 unspecified atom stereocenters. The van der Waals surface area contributed by atoms with E-state index in [1.54, 1.807) is 12.1 Å². The molecule has 0 spiro atoms. The molecule has 1 fully saturated rings. The number of carbonyl (C=O) groups excluding carboxylic acids is 1. The minimum absolute atomic E-state index is 0.0275. The number of carbonyl (C=O) groups is 1. The van der Waals surface area contributed by atoms with Crippen molar-refractivity contribution in [3.8, 4) is 23.0 Å². The summed E-state index contributed by atoms with van der Waals surface area (Å²) in [5, 5.41) is 1.69. The van der Waals surface area contributed by atoms with Crippen LogP contribution in [0.25, 0.3) is 21.9 Å². The summed E-state index contributed by atoms with van der Waals surface area (Å²) in [7, 11) is 1.19. The number of rotatable bonds is 8. The summed E-state index contributed by atoms with van der Waals surface area (Å²) in [6.07, 6.45) is -9.69. The largest absolute Gasteiger partial charge is 0.462 e. The van der Waals surface area contributed by atoms with Crippen molar-refractivity contribution < 1.29 is 45.3 Å². The molecule has 0 atom stereocenters. The number of halogens is 6. The van der Waals surface area contributed by atoms with Crippen molar-refractivity contribution in [2.45, 2.75) is 18.9 Å². The van der Waals surface area contributed by atoms with Gasteiger partial charge in [-0.2, -0.15) is 31.3 Å². The van der Waals surface area contributed by atoms with Crippen molar-refractivity contribution in [3.63, 3.8) is 0 Å². The van der Waals surface area contributed by atoms with Crippen molar-refractivity contribution in [1.29, 1.82) is 0 Å².